The van der Waals surface area contributed by atoms with Gasteiger partial charge in [-0.15, -0.1) is 16.8 Å². The zero-order chi connectivity index (χ0) is 18.4. The number of thioether (sulfide) groups is 1. The van der Waals surface area contributed by atoms with Gasteiger partial charge in [0, 0.05) is 17.8 Å². The Kier molecular flexibility index (Phi) is 5.86. The van der Waals surface area contributed by atoms with Crippen molar-refractivity contribution in [3.05, 3.63) is 72.8 Å². The zero-order valence-electron chi connectivity index (χ0n) is 14.6. The van der Waals surface area contributed by atoms with Gasteiger partial charge in [0.25, 0.3) is 0 Å². The van der Waals surface area contributed by atoms with Crippen molar-refractivity contribution in [2.24, 2.45) is 0 Å². The van der Waals surface area contributed by atoms with Crippen LogP contribution in [0, 0.1) is 6.92 Å². The van der Waals surface area contributed by atoms with E-state index in [1.165, 1.54) is 17.3 Å². The van der Waals surface area contributed by atoms with Gasteiger partial charge >= 0.3 is 0 Å². The molecule has 26 heavy (non-hydrogen) atoms. The zero-order valence-corrected chi connectivity index (χ0v) is 15.4. The largest absolute Gasteiger partial charge is 0.352 e. The third-order valence-corrected chi connectivity index (χ3v) is 4.66. The van der Waals surface area contributed by atoms with Crippen LogP contribution in [0.25, 0.3) is 17.1 Å². The minimum absolute atomic E-state index is 0.0605. The average molecular weight is 364 g/mol. The van der Waals surface area contributed by atoms with Crippen LogP contribution in [0.1, 0.15) is 5.56 Å². The maximum absolute atomic E-state index is 11.9. The Balaban J connectivity index is 1.94. The highest BCUT2D eigenvalue weighted by molar-refractivity contribution is 7.99. The van der Waals surface area contributed by atoms with Gasteiger partial charge in [0.05, 0.1) is 5.75 Å². The molecule has 6 heteroatoms. The van der Waals surface area contributed by atoms with Crippen LogP contribution >= 0.6 is 11.8 Å². The fraction of sp³-hybridized carbons (Fsp3) is 0.150. The lowest BCUT2D eigenvalue weighted by Gasteiger charge is -2.10. The lowest BCUT2D eigenvalue weighted by atomic mass is 10.2. The molecule has 0 atom stereocenters. The van der Waals surface area contributed by atoms with E-state index < -0.39 is 0 Å². The Hall–Kier alpha value is -2.86. The molecule has 132 valence electrons. The molecule has 3 rings (SSSR count). The van der Waals surface area contributed by atoms with Crippen LogP contribution in [0.4, 0.5) is 0 Å². The molecule has 3 aromatic rings. The summed E-state index contributed by atoms with van der Waals surface area (Å²) in [6, 6.07) is 18.1. The van der Waals surface area contributed by atoms with E-state index in [-0.39, 0.29) is 11.7 Å². The average Bonchev–Trinajstić information content (AvgIpc) is 3.10. The number of benzene rings is 2. The van der Waals surface area contributed by atoms with Gasteiger partial charge in [-0.3, -0.25) is 9.36 Å². The second kappa shape index (κ2) is 8.49. The summed E-state index contributed by atoms with van der Waals surface area (Å²) in [7, 11) is 0. The minimum atomic E-state index is -0.0605. The fourth-order valence-electron chi connectivity index (χ4n) is 2.43. The van der Waals surface area contributed by atoms with E-state index in [9.17, 15) is 4.79 Å². The van der Waals surface area contributed by atoms with E-state index in [2.05, 4.69) is 34.2 Å². The number of amides is 1. The summed E-state index contributed by atoms with van der Waals surface area (Å²) in [6.07, 6.45) is 1.66. The van der Waals surface area contributed by atoms with E-state index >= 15 is 0 Å². The summed E-state index contributed by atoms with van der Waals surface area (Å²) in [4.78, 5) is 11.9. The van der Waals surface area contributed by atoms with Gasteiger partial charge in [-0.05, 0) is 19.1 Å². The first-order chi connectivity index (χ1) is 12.7. The summed E-state index contributed by atoms with van der Waals surface area (Å²) in [5.41, 5.74) is 3.12. The molecular formula is C20H20N4OS. The van der Waals surface area contributed by atoms with Crippen LogP contribution in [0.5, 0.6) is 0 Å². The first-order valence-corrected chi connectivity index (χ1v) is 9.26. The number of hydrogen-bond donors (Lipinski definition) is 1. The summed E-state index contributed by atoms with van der Waals surface area (Å²) < 4.78 is 1.99. The molecule has 1 heterocycles. The van der Waals surface area contributed by atoms with Crippen molar-refractivity contribution in [1.29, 1.82) is 0 Å². The third-order valence-electron chi connectivity index (χ3n) is 3.73. The molecule has 1 amide bonds. The van der Waals surface area contributed by atoms with Gasteiger partial charge in [0.1, 0.15) is 0 Å². The van der Waals surface area contributed by atoms with Crippen LogP contribution in [0.3, 0.4) is 0 Å². The molecule has 0 unspecified atom stereocenters. The molecule has 0 saturated carbocycles. The summed E-state index contributed by atoms with van der Waals surface area (Å²) in [5.74, 6) is 0.963. The molecule has 0 fully saturated rings. The Morgan fingerprint density at radius 2 is 1.88 bits per heavy atom. The van der Waals surface area contributed by atoms with Crippen LogP contribution < -0.4 is 5.32 Å². The topological polar surface area (TPSA) is 59.8 Å². The van der Waals surface area contributed by atoms with E-state index in [0.717, 1.165) is 17.1 Å². The lowest BCUT2D eigenvalue weighted by molar-refractivity contribution is -0.118. The van der Waals surface area contributed by atoms with Crippen molar-refractivity contribution < 1.29 is 4.79 Å². The highest BCUT2D eigenvalue weighted by Crippen LogP contribution is 2.27. The molecule has 0 saturated heterocycles. The Labute approximate surface area is 157 Å². The smallest absolute Gasteiger partial charge is 0.230 e. The molecular weight excluding hydrogens is 344 g/mol. The number of carbonyl (C=O) groups excluding carboxylic acids is 1. The van der Waals surface area contributed by atoms with E-state index in [1.54, 1.807) is 6.08 Å². The van der Waals surface area contributed by atoms with Crippen LogP contribution in [-0.2, 0) is 4.79 Å². The molecule has 0 bridgehead atoms. The molecule has 0 aliphatic carbocycles. The Morgan fingerprint density at radius 3 is 2.58 bits per heavy atom. The first-order valence-electron chi connectivity index (χ1n) is 8.27. The van der Waals surface area contributed by atoms with Crippen LogP contribution in [-0.4, -0.2) is 33.0 Å². The molecule has 2 aromatic carbocycles. The maximum Gasteiger partial charge on any atom is 0.230 e. The van der Waals surface area contributed by atoms with Crippen molar-refractivity contribution >= 4 is 17.7 Å². The second-order valence-corrected chi connectivity index (χ2v) is 6.67. The number of aromatic nitrogens is 3. The highest BCUT2D eigenvalue weighted by Gasteiger charge is 2.17. The summed E-state index contributed by atoms with van der Waals surface area (Å²) in [5, 5.41) is 12.1. The molecule has 1 N–H and O–H groups in total. The van der Waals surface area contributed by atoms with Gasteiger partial charge in [0.2, 0.25) is 5.91 Å². The molecule has 0 aliphatic heterocycles. The Bertz CT molecular complexity index is 888. The summed E-state index contributed by atoms with van der Waals surface area (Å²) >= 11 is 1.36. The van der Waals surface area contributed by atoms with Crippen molar-refractivity contribution in [3.63, 3.8) is 0 Å². The first kappa shape index (κ1) is 17.9. The summed E-state index contributed by atoms with van der Waals surface area (Å²) in [6.45, 7) is 6.11. The molecule has 1 aromatic heterocycles. The van der Waals surface area contributed by atoms with Gasteiger partial charge in [-0.1, -0.05) is 65.9 Å². The van der Waals surface area contributed by atoms with Crippen molar-refractivity contribution in [3.8, 4) is 17.1 Å². The number of carbonyl (C=O) groups is 1. The number of rotatable bonds is 7. The number of hydrogen-bond acceptors (Lipinski definition) is 4. The predicted molar refractivity (Wildman–Crippen MR) is 105 cm³/mol. The van der Waals surface area contributed by atoms with E-state index in [1.807, 2.05) is 54.0 Å². The lowest BCUT2D eigenvalue weighted by Crippen LogP contribution is -2.25. The maximum atomic E-state index is 11.9. The molecule has 0 radical (unpaired) electrons. The van der Waals surface area contributed by atoms with Crippen molar-refractivity contribution in [2.75, 3.05) is 12.3 Å². The predicted octanol–water partition coefficient (Wildman–Crippen LogP) is 3.64. The monoisotopic (exact) mass is 364 g/mol. The van der Waals surface area contributed by atoms with Crippen LogP contribution in [0.2, 0.25) is 0 Å². The normalized spacial score (nSPS) is 10.5. The quantitative estimate of drug-likeness (QED) is 0.514. The number of nitrogens with one attached hydrogen (secondary N) is 1. The van der Waals surface area contributed by atoms with Gasteiger partial charge in [0.15, 0.2) is 11.0 Å². The molecule has 0 spiro atoms. The number of aryl methyl sites for hydroxylation is 1. The SMILES string of the molecule is C=CCNC(=O)CSc1nnc(-c2ccccc2)n1-c1ccc(C)cc1. The van der Waals surface area contributed by atoms with Gasteiger partial charge in [-0.25, -0.2) is 0 Å². The van der Waals surface area contributed by atoms with Gasteiger partial charge < -0.3 is 5.32 Å². The van der Waals surface area contributed by atoms with Crippen molar-refractivity contribution in [1.82, 2.24) is 20.1 Å². The van der Waals surface area contributed by atoms with E-state index in [4.69, 9.17) is 0 Å². The molecule has 0 aliphatic rings. The standard InChI is InChI=1S/C20H20N4OS/c1-3-13-21-18(25)14-26-20-23-22-19(16-7-5-4-6-8-16)24(20)17-11-9-15(2)10-12-17/h3-12H,1,13-14H2,2H3,(H,21,25). The minimum Gasteiger partial charge on any atom is -0.352 e. The molecule has 5 nitrogen and oxygen atoms in total. The van der Waals surface area contributed by atoms with Crippen LogP contribution in [0.15, 0.2) is 72.4 Å². The van der Waals surface area contributed by atoms with E-state index in [0.29, 0.717) is 11.7 Å². The Morgan fingerprint density at radius 1 is 1.15 bits per heavy atom. The fourth-order valence-corrected chi connectivity index (χ4v) is 3.21. The number of nitrogens with zero attached hydrogens (tertiary/aromatic N) is 3. The van der Waals surface area contributed by atoms with Crippen molar-refractivity contribution in [2.45, 2.75) is 12.1 Å². The highest BCUT2D eigenvalue weighted by atomic mass is 32.2. The third kappa shape index (κ3) is 4.21. The van der Waals surface area contributed by atoms with Gasteiger partial charge in [-0.2, -0.15) is 0 Å². The second-order valence-electron chi connectivity index (χ2n) is 5.72.